The Kier molecular flexibility index (Phi) is 4.67. The summed E-state index contributed by atoms with van der Waals surface area (Å²) in [5.41, 5.74) is 1.53. The van der Waals surface area contributed by atoms with Crippen LogP contribution in [-0.4, -0.2) is 4.92 Å². The Hall–Kier alpha value is -1.11. The standard InChI is InChI=1S/C13H12BrClN2O2S/c1-7-5-11(17(18)19)9(15)6-10(7)16-8(2)12-3-4-13(14)20-12/h3-6,8,16H,1-2H3. The SMILES string of the molecule is Cc1cc([N+](=O)[O-])c(Cl)cc1NC(C)c1ccc(Br)s1. The van der Waals surface area contributed by atoms with Crippen molar-refractivity contribution in [3.63, 3.8) is 0 Å². The number of nitro groups is 1. The van der Waals surface area contributed by atoms with Crippen LogP contribution >= 0.6 is 38.9 Å². The Balaban J connectivity index is 2.25. The number of nitrogens with one attached hydrogen (secondary N) is 1. The summed E-state index contributed by atoms with van der Waals surface area (Å²) in [7, 11) is 0. The molecule has 0 spiro atoms. The van der Waals surface area contributed by atoms with E-state index >= 15 is 0 Å². The van der Waals surface area contributed by atoms with E-state index in [1.807, 2.05) is 26.0 Å². The zero-order valence-corrected chi connectivity index (χ0v) is 14.0. The first-order valence-electron chi connectivity index (χ1n) is 5.85. The van der Waals surface area contributed by atoms with Gasteiger partial charge in [-0.15, -0.1) is 11.3 Å². The van der Waals surface area contributed by atoms with Crippen LogP contribution in [0.25, 0.3) is 0 Å². The van der Waals surface area contributed by atoms with Crippen molar-refractivity contribution in [3.05, 3.63) is 53.6 Å². The van der Waals surface area contributed by atoms with Gasteiger partial charge in [-0.2, -0.15) is 0 Å². The fourth-order valence-corrected chi connectivity index (χ4v) is 3.49. The van der Waals surface area contributed by atoms with E-state index in [1.54, 1.807) is 17.4 Å². The van der Waals surface area contributed by atoms with Gasteiger partial charge in [0.05, 0.1) is 14.8 Å². The van der Waals surface area contributed by atoms with E-state index in [4.69, 9.17) is 11.6 Å². The Morgan fingerprint density at radius 2 is 2.15 bits per heavy atom. The van der Waals surface area contributed by atoms with Crippen LogP contribution in [0.3, 0.4) is 0 Å². The van der Waals surface area contributed by atoms with Crippen molar-refractivity contribution in [1.29, 1.82) is 0 Å². The lowest BCUT2D eigenvalue weighted by Gasteiger charge is -2.16. The summed E-state index contributed by atoms with van der Waals surface area (Å²) in [4.78, 5) is 11.5. The van der Waals surface area contributed by atoms with E-state index in [0.29, 0.717) is 0 Å². The van der Waals surface area contributed by atoms with Crippen molar-refractivity contribution in [1.82, 2.24) is 0 Å². The molecule has 4 nitrogen and oxygen atoms in total. The Bertz CT molecular complexity index is 660. The van der Waals surface area contributed by atoms with E-state index in [9.17, 15) is 10.1 Å². The molecule has 0 aliphatic heterocycles. The van der Waals surface area contributed by atoms with Gasteiger partial charge in [-0.1, -0.05) is 11.6 Å². The van der Waals surface area contributed by atoms with Crippen LogP contribution in [0.5, 0.6) is 0 Å². The molecular formula is C13H12BrClN2O2S. The number of benzene rings is 1. The molecule has 20 heavy (non-hydrogen) atoms. The van der Waals surface area contributed by atoms with Crippen LogP contribution in [0, 0.1) is 17.0 Å². The van der Waals surface area contributed by atoms with Gasteiger partial charge < -0.3 is 5.32 Å². The van der Waals surface area contributed by atoms with Crippen molar-refractivity contribution in [3.8, 4) is 0 Å². The van der Waals surface area contributed by atoms with Crippen molar-refractivity contribution >= 4 is 50.2 Å². The third kappa shape index (κ3) is 3.31. The third-order valence-electron chi connectivity index (χ3n) is 2.88. The maximum atomic E-state index is 10.8. The van der Waals surface area contributed by atoms with Gasteiger partial charge in [0.25, 0.3) is 5.69 Å². The number of hydrogen-bond acceptors (Lipinski definition) is 4. The van der Waals surface area contributed by atoms with E-state index in [-0.39, 0.29) is 16.8 Å². The van der Waals surface area contributed by atoms with Crippen LogP contribution in [-0.2, 0) is 0 Å². The highest BCUT2D eigenvalue weighted by Gasteiger charge is 2.16. The van der Waals surface area contributed by atoms with Crippen molar-refractivity contribution in [2.75, 3.05) is 5.32 Å². The van der Waals surface area contributed by atoms with Gasteiger partial charge >= 0.3 is 0 Å². The van der Waals surface area contributed by atoms with Gasteiger partial charge in [0, 0.05) is 16.6 Å². The molecule has 0 amide bonds. The second-order valence-electron chi connectivity index (χ2n) is 4.38. The van der Waals surface area contributed by atoms with Gasteiger partial charge in [0.15, 0.2) is 0 Å². The van der Waals surface area contributed by atoms with Crippen LogP contribution in [0.1, 0.15) is 23.4 Å². The lowest BCUT2D eigenvalue weighted by Crippen LogP contribution is -2.06. The zero-order valence-electron chi connectivity index (χ0n) is 10.8. The predicted octanol–water partition coefficient (Wildman–Crippen LogP) is 5.55. The summed E-state index contributed by atoms with van der Waals surface area (Å²) in [6.45, 7) is 3.86. The molecule has 0 aliphatic carbocycles. The molecule has 0 bridgehead atoms. The molecule has 0 fully saturated rings. The van der Waals surface area contributed by atoms with Crippen molar-refractivity contribution in [2.45, 2.75) is 19.9 Å². The molecule has 1 atom stereocenters. The smallest absolute Gasteiger partial charge is 0.288 e. The highest BCUT2D eigenvalue weighted by Crippen LogP contribution is 2.34. The van der Waals surface area contributed by atoms with Gasteiger partial charge in [0.2, 0.25) is 0 Å². The minimum Gasteiger partial charge on any atom is -0.377 e. The summed E-state index contributed by atoms with van der Waals surface area (Å²) in [5.74, 6) is 0. The summed E-state index contributed by atoms with van der Waals surface area (Å²) in [6, 6.07) is 7.22. The maximum Gasteiger partial charge on any atom is 0.288 e. The molecular weight excluding hydrogens is 364 g/mol. The topological polar surface area (TPSA) is 55.2 Å². The minimum absolute atomic E-state index is 0.0683. The van der Waals surface area contributed by atoms with Gasteiger partial charge in [0.1, 0.15) is 5.02 Å². The zero-order chi connectivity index (χ0) is 14.9. The molecule has 1 heterocycles. The quantitative estimate of drug-likeness (QED) is 0.562. The van der Waals surface area contributed by atoms with E-state index in [2.05, 4.69) is 21.2 Å². The lowest BCUT2D eigenvalue weighted by molar-refractivity contribution is -0.384. The molecule has 0 aliphatic rings. The number of nitrogens with zero attached hydrogens (tertiary/aromatic N) is 1. The highest BCUT2D eigenvalue weighted by molar-refractivity contribution is 9.11. The molecule has 1 aromatic carbocycles. The van der Waals surface area contributed by atoms with Crippen molar-refractivity contribution < 1.29 is 4.92 Å². The number of rotatable bonds is 4. The van der Waals surface area contributed by atoms with Gasteiger partial charge in [-0.05, 0) is 53.5 Å². The molecule has 7 heteroatoms. The summed E-state index contributed by atoms with van der Waals surface area (Å²) in [6.07, 6.45) is 0. The molecule has 2 rings (SSSR count). The first kappa shape index (κ1) is 15.3. The van der Waals surface area contributed by atoms with E-state index in [0.717, 1.165) is 15.0 Å². The fourth-order valence-electron chi connectivity index (χ4n) is 1.83. The number of nitro benzene ring substituents is 1. The molecule has 0 radical (unpaired) electrons. The predicted molar refractivity (Wildman–Crippen MR) is 86.9 cm³/mol. The molecule has 1 unspecified atom stereocenters. The number of thiophene rings is 1. The third-order valence-corrected chi connectivity index (χ3v) is 4.99. The van der Waals surface area contributed by atoms with Crippen LogP contribution in [0.15, 0.2) is 28.1 Å². The second kappa shape index (κ2) is 6.11. The molecule has 2 aromatic rings. The van der Waals surface area contributed by atoms with Crippen LogP contribution in [0.4, 0.5) is 11.4 Å². The molecule has 1 aromatic heterocycles. The van der Waals surface area contributed by atoms with Gasteiger partial charge in [-0.25, -0.2) is 0 Å². The second-order valence-corrected chi connectivity index (χ2v) is 7.29. The molecule has 106 valence electrons. The largest absolute Gasteiger partial charge is 0.377 e. The number of hydrogen-bond donors (Lipinski definition) is 1. The van der Waals surface area contributed by atoms with Crippen molar-refractivity contribution in [2.24, 2.45) is 0 Å². The Morgan fingerprint density at radius 3 is 2.70 bits per heavy atom. The first-order valence-corrected chi connectivity index (χ1v) is 7.83. The summed E-state index contributed by atoms with van der Waals surface area (Å²) < 4.78 is 1.07. The van der Waals surface area contributed by atoms with Gasteiger partial charge in [-0.3, -0.25) is 10.1 Å². The summed E-state index contributed by atoms with van der Waals surface area (Å²) >= 11 is 11.0. The Morgan fingerprint density at radius 1 is 1.45 bits per heavy atom. The molecule has 0 saturated carbocycles. The maximum absolute atomic E-state index is 10.8. The van der Waals surface area contributed by atoms with E-state index in [1.165, 1.54) is 10.9 Å². The van der Waals surface area contributed by atoms with E-state index < -0.39 is 4.92 Å². The fraction of sp³-hybridized carbons (Fsp3) is 0.231. The average Bonchev–Trinajstić information content (AvgIpc) is 2.79. The lowest BCUT2D eigenvalue weighted by atomic mass is 10.1. The molecule has 0 saturated heterocycles. The minimum atomic E-state index is -0.473. The molecule has 1 N–H and O–H groups in total. The number of anilines is 1. The average molecular weight is 376 g/mol. The van der Waals surface area contributed by atoms with Crippen LogP contribution < -0.4 is 5.32 Å². The number of aryl methyl sites for hydroxylation is 1. The first-order chi connectivity index (χ1) is 9.38. The Labute approximate surface area is 134 Å². The highest BCUT2D eigenvalue weighted by atomic mass is 79.9. The number of halogens is 2. The van der Waals surface area contributed by atoms with Crippen LogP contribution in [0.2, 0.25) is 5.02 Å². The summed E-state index contributed by atoms with van der Waals surface area (Å²) in [5, 5.41) is 14.3. The monoisotopic (exact) mass is 374 g/mol. The normalized spacial score (nSPS) is 12.2.